The van der Waals surface area contributed by atoms with Crippen LogP contribution in [-0.4, -0.2) is 46.9 Å². The Hall–Kier alpha value is -3.94. The van der Waals surface area contributed by atoms with Crippen molar-refractivity contribution in [1.29, 1.82) is 0 Å². The number of carbonyl (C=O) groups excluding carboxylic acids is 2. The SMILES string of the molecule is CCOc1ccc(/C(O)=C2/C(=O)C(=O)N(CCc3c[nH]c4ccc(OC)cc34)C2c2ccc(Cl)cc2Cl)cc1. The molecule has 1 unspecified atom stereocenters. The summed E-state index contributed by atoms with van der Waals surface area (Å²) >= 11 is 12.7. The van der Waals surface area contributed by atoms with Crippen LogP contribution in [0.2, 0.25) is 10.0 Å². The molecule has 1 amide bonds. The van der Waals surface area contributed by atoms with Crippen molar-refractivity contribution in [2.45, 2.75) is 19.4 Å². The predicted octanol–water partition coefficient (Wildman–Crippen LogP) is 6.55. The molecule has 0 spiro atoms. The van der Waals surface area contributed by atoms with E-state index < -0.39 is 17.7 Å². The van der Waals surface area contributed by atoms with Crippen molar-refractivity contribution in [2.75, 3.05) is 20.3 Å². The number of aromatic amines is 1. The molecule has 1 aliphatic rings. The highest BCUT2D eigenvalue weighted by atomic mass is 35.5. The fraction of sp³-hybridized carbons (Fsp3) is 0.200. The highest BCUT2D eigenvalue weighted by Crippen LogP contribution is 2.42. The van der Waals surface area contributed by atoms with Crippen molar-refractivity contribution in [3.8, 4) is 11.5 Å². The van der Waals surface area contributed by atoms with Gasteiger partial charge in [0.2, 0.25) is 0 Å². The van der Waals surface area contributed by atoms with E-state index in [1.807, 2.05) is 31.3 Å². The van der Waals surface area contributed by atoms with Crippen molar-refractivity contribution < 1.29 is 24.2 Å². The van der Waals surface area contributed by atoms with Gasteiger partial charge in [-0.2, -0.15) is 0 Å². The Bertz CT molecular complexity index is 1590. The molecule has 0 aliphatic carbocycles. The lowest BCUT2D eigenvalue weighted by Gasteiger charge is -2.26. The number of nitrogens with one attached hydrogen (secondary N) is 1. The Balaban J connectivity index is 1.56. The van der Waals surface area contributed by atoms with E-state index in [-0.39, 0.29) is 22.9 Å². The number of methoxy groups -OCH3 is 1. The minimum absolute atomic E-state index is 0.0334. The van der Waals surface area contributed by atoms with E-state index >= 15 is 0 Å². The summed E-state index contributed by atoms with van der Waals surface area (Å²) in [4.78, 5) is 31.5. The van der Waals surface area contributed by atoms with Crippen LogP contribution >= 0.6 is 23.2 Å². The fourth-order valence-corrected chi connectivity index (χ4v) is 5.43. The summed E-state index contributed by atoms with van der Waals surface area (Å²) in [5.74, 6) is -0.435. The standard InChI is InChI=1S/C30H26Cl2N2O5/c1-3-39-20-7-4-17(5-8-20)28(35)26-27(22-10-6-19(31)14-24(22)32)34(30(37)29(26)36)13-12-18-16-33-25-11-9-21(38-2)15-23(18)25/h4-11,14-16,27,33,35H,3,12-13H2,1-2H3/b28-26-. The molecule has 4 aromatic rings. The van der Waals surface area contributed by atoms with Gasteiger partial charge >= 0.3 is 0 Å². The Kier molecular flexibility index (Phi) is 7.55. The average molecular weight is 565 g/mol. The zero-order valence-electron chi connectivity index (χ0n) is 21.3. The van der Waals surface area contributed by atoms with Gasteiger partial charge < -0.3 is 24.5 Å². The molecule has 0 saturated carbocycles. The minimum Gasteiger partial charge on any atom is -0.507 e. The number of aliphatic hydroxyl groups excluding tert-OH is 1. The van der Waals surface area contributed by atoms with Gasteiger partial charge in [-0.15, -0.1) is 0 Å². The van der Waals surface area contributed by atoms with Gasteiger partial charge in [0.1, 0.15) is 17.3 Å². The largest absolute Gasteiger partial charge is 0.507 e. The Labute approximate surface area is 235 Å². The van der Waals surface area contributed by atoms with E-state index in [9.17, 15) is 14.7 Å². The van der Waals surface area contributed by atoms with E-state index in [0.717, 1.165) is 16.5 Å². The molecule has 1 saturated heterocycles. The van der Waals surface area contributed by atoms with Crippen LogP contribution in [0.3, 0.4) is 0 Å². The second-order valence-electron chi connectivity index (χ2n) is 9.09. The number of aliphatic hydroxyl groups is 1. The first-order valence-corrected chi connectivity index (χ1v) is 13.2. The molecule has 1 aromatic heterocycles. The van der Waals surface area contributed by atoms with Crippen LogP contribution in [0.15, 0.2) is 72.4 Å². The molecule has 1 fully saturated rings. The summed E-state index contributed by atoms with van der Waals surface area (Å²) < 4.78 is 10.9. The maximum Gasteiger partial charge on any atom is 0.295 e. The zero-order valence-corrected chi connectivity index (χ0v) is 22.8. The molecule has 7 nitrogen and oxygen atoms in total. The van der Waals surface area contributed by atoms with Crippen molar-refractivity contribution >= 4 is 51.6 Å². The monoisotopic (exact) mass is 564 g/mol. The molecule has 1 atom stereocenters. The number of fused-ring (bicyclic) bond motifs is 1. The van der Waals surface area contributed by atoms with E-state index in [4.69, 9.17) is 32.7 Å². The average Bonchev–Trinajstić information content (AvgIpc) is 3.45. The lowest BCUT2D eigenvalue weighted by Crippen LogP contribution is -2.31. The topological polar surface area (TPSA) is 91.9 Å². The number of amides is 1. The number of Topliss-reactive ketones (excluding diaryl/α,β-unsaturated/α-hetero) is 1. The molecule has 2 heterocycles. The summed E-state index contributed by atoms with van der Waals surface area (Å²) in [6, 6.07) is 16.4. The Morgan fingerprint density at radius 2 is 1.77 bits per heavy atom. The van der Waals surface area contributed by atoms with Gasteiger partial charge in [0, 0.05) is 39.3 Å². The number of carbonyl (C=O) groups is 2. The molecule has 200 valence electrons. The Morgan fingerprint density at radius 3 is 2.46 bits per heavy atom. The summed E-state index contributed by atoms with van der Waals surface area (Å²) in [5.41, 5.74) is 2.73. The highest BCUT2D eigenvalue weighted by Gasteiger charge is 2.46. The second kappa shape index (κ2) is 11.0. The van der Waals surface area contributed by atoms with Gasteiger partial charge in [0.15, 0.2) is 0 Å². The van der Waals surface area contributed by atoms with Gasteiger partial charge in [-0.05, 0) is 79.1 Å². The normalized spacial score (nSPS) is 16.7. The van der Waals surface area contributed by atoms with Gasteiger partial charge in [-0.25, -0.2) is 0 Å². The first-order chi connectivity index (χ1) is 18.8. The third kappa shape index (κ3) is 5.07. The van der Waals surface area contributed by atoms with Crippen molar-refractivity contribution in [3.63, 3.8) is 0 Å². The fourth-order valence-electron chi connectivity index (χ4n) is 4.92. The summed E-state index contributed by atoms with van der Waals surface area (Å²) in [6.07, 6.45) is 2.33. The van der Waals surface area contributed by atoms with Crippen LogP contribution < -0.4 is 9.47 Å². The number of H-pyrrole nitrogens is 1. The maximum atomic E-state index is 13.4. The van der Waals surface area contributed by atoms with Crippen molar-refractivity contribution in [2.24, 2.45) is 0 Å². The molecule has 1 aliphatic heterocycles. The second-order valence-corrected chi connectivity index (χ2v) is 9.93. The minimum atomic E-state index is -0.902. The predicted molar refractivity (Wildman–Crippen MR) is 152 cm³/mol. The molecule has 9 heteroatoms. The van der Waals surface area contributed by atoms with Gasteiger partial charge in [-0.3, -0.25) is 9.59 Å². The molecule has 39 heavy (non-hydrogen) atoms. The number of hydrogen-bond donors (Lipinski definition) is 2. The lowest BCUT2D eigenvalue weighted by atomic mass is 9.95. The number of nitrogens with zero attached hydrogens (tertiary/aromatic N) is 1. The lowest BCUT2D eigenvalue weighted by molar-refractivity contribution is -0.139. The summed E-state index contributed by atoms with van der Waals surface area (Å²) in [6.45, 7) is 2.57. The van der Waals surface area contributed by atoms with Crippen LogP contribution in [0.4, 0.5) is 0 Å². The number of hydrogen-bond acceptors (Lipinski definition) is 5. The van der Waals surface area contributed by atoms with Crippen LogP contribution in [0.1, 0.15) is 29.7 Å². The number of aromatic nitrogens is 1. The van der Waals surface area contributed by atoms with Gasteiger partial charge in [0.05, 0.1) is 25.3 Å². The number of rotatable bonds is 8. The van der Waals surface area contributed by atoms with E-state index in [0.29, 0.717) is 40.7 Å². The van der Waals surface area contributed by atoms with E-state index in [1.165, 1.54) is 4.90 Å². The van der Waals surface area contributed by atoms with Crippen molar-refractivity contribution in [1.82, 2.24) is 9.88 Å². The molecular formula is C30H26Cl2N2O5. The number of likely N-dealkylation sites (tertiary alicyclic amines) is 1. The van der Waals surface area contributed by atoms with Gasteiger partial charge in [-0.1, -0.05) is 29.3 Å². The first-order valence-electron chi connectivity index (χ1n) is 12.4. The quantitative estimate of drug-likeness (QED) is 0.144. The number of benzene rings is 3. The number of ether oxygens (including phenoxy) is 2. The number of halogens is 2. The number of ketones is 1. The molecule has 5 rings (SSSR count). The molecule has 2 N–H and O–H groups in total. The summed E-state index contributed by atoms with van der Waals surface area (Å²) in [7, 11) is 1.60. The van der Waals surface area contributed by atoms with E-state index in [1.54, 1.807) is 49.6 Å². The van der Waals surface area contributed by atoms with Crippen LogP contribution in [0, 0.1) is 0 Å². The maximum absolute atomic E-state index is 13.4. The molecule has 3 aromatic carbocycles. The highest BCUT2D eigenvalue weighted by molar-refractivity contribution is 6.47. The van der Waals surface area contributed by atoms with Crippen LogP contribution in [0.5, 0.6) is 11.5 Å². The Morgan fingerprint density at radius 1 is 1.03 bits per heavy atom. The molecule has 0 bridgehead atoms. The third-order valence-corrected chi connectivity index (χ3v) is 7.39. The molecular weight excluding hydrogens is 539 g/mol. The van der Waals surface area contributed by atoms with Gasteiger partial charge in [0.25, 0.3) is 11.7 Å². The third-order valence-electron chi connectivity index (χ3n) is 6.83. The smallest absolute Gasteiger partial charge is 0.295 e. The van der Waals surface area contributed by atoms with Crippen molar-refractivity contribution in [3.05, 3.63) is 99.2 Å². The summed E-state index contributed by atoms with van der Waals surface area (Å²) in [5, 5.41) is 13.0. The zero-order chi connectivity index (χ0) is 27.7. The molecule has 0 radical (unpaired) electrons. The van der Waals surface area contributed by atoms with Crippen LogP contribution in [-0.2, 0) is 16.0 Å². The van der Waals surface area contributed by atoms with Crippen LogP contribution in [0.25, 0.3) is 16.7 Å². The van der Waals surface area contributed by atoms with E-state index in [2.05, 4.69) is 4.98 Å². The first kappa shape index (κ1) is 26.7.